The van der Waals surface area contributed by atoms with Crippen LogP contribution in [0.25, 0.3) is 0 Å². The number of hydrogen-bond donors (Lipinski definition) is 1. The van der Waals surface area contributed by atoms with Gasteiger partial charge in [0.25, 0.3) is 0 Å². The summed E-state index contributed by atoms with van der Waals surface area (Å²) in [6.45, 7) is 4.73. The number of rotatable bonds is 7. The molecule has 0 unspecified atom stereocenters. The fraction of sp³-hybridized carbons (Fsp3) is 0.350. The molecule has 0 spiro atoms. The summed E-state index contributed by atoms with van der Waals surface area (Å²) in [6.07, 6.45) is 0. The van der Waals surface area contributed by atoms with Gasteiger partial charge in [-0.2, -0.15) is 0 Å². The molecule has 0 fully saturated rings. The second-order valence-corrected chi connectivity index (χ2v) is 7.08. The molecular formula is C20H23BrN2O4. The van der Waals surface area contributed by atoms with E-state index in [0.717, 1.165) is 22.3 Å². The maximum absolute atomic E-state index is 12.5. The summed E-state index contributed by atoms with van der Waals surface area (Å²) in [7, 11) is 1.65. The minimum atomic E-state index is -0.0810. The smallest absolute Gasteiger partial charge is 0.238 e. The van der Waals surface area contributed by atoms with Crippen molar-refractivity contribution in [1.29, 1.82) is 0 Å². The molecule has 144 valence electrons. The molecule has 0 atom stereocenters. The van der Waals surface area contributed by atoms with Crippen LogP contribution in [0.5, 0.6) is 17.2 Å². The van der Waals surface area contributed by atoms with E-state index in [-0.39, 0.29) is 12.5 Å². The second kappa shape index (κ2) is 9.10. The number of halogens is 1. The van der Waals surface area contributed by atoms with Gasteiger partial charge in [-0.3, -0.25) is 9.69 Å². The van der Waals surface area contributed by atoms with E-state index in [2.05, 4.69) is 26.1 Å². The number of amides is 1. The molecule has 2 aromatic rings. The van der Waals surface area contributed by atoms with Gasteiger partial charge >= 0.3 is 0 Å². The van der Waals surface area contributed by atoms with Gasteiger partial charge in [0, 0.05) is 28.3 Å². The predicted octanol–water partition coefficient (Wildman–Crippen LogP) is 3.69. The highest BCUT2D eigenvalue weighted by Crippen LogP contribution is 2.32. The molecular weight excluding hydrogens is 412 g/mol. The van der Waals surface area contributed by atoms with Gasteiger partial charge < -0.3 is 19.5 Å². The van der Waals surface area contributed by atoms with Crippen LogP contribution in [-0.4, -0.2) is 44.2 Å². The molecule has 1 aliphatic rings. The standard InChI is InChI=1S/C20H23BrN2O4/c1-3-23(12-14-10-15(21)4-6-17(14)25-2)13-20(24)22-16-5-7-18-19(11-16)27-9-8-26-18/h4-7,10-11H,3,8-9,12-13H2,1-2H3,(H,22,24). The number of carbonyl (C=O) groups excluding carboxylic acids is 1. The molecule has 7 heteroatoms. The summed E-state index contributed by atoms with van der Waals surface area (Å²) in [5.41, 5.74) is 1.72. The fourth-order valence-corrected chi connectivity index (χ4v) is 3.32. The molecule has 0 bridgehead atoms. The van der Waals surface area contributed by atoms with E-state index in [4.69, 9.17) is 14.2 Å². The highest BCUT2D eigenvalue weighted by Gasteiger charge is 2.15. The van der Waals surface area contributed by atoms with Crippen LogP contribution in [0.3, 0.4) is 0 Å². The van der Waals surface area contributed by atoms with Crippen molar-refractivity contribution in [1.82, 2.24) is 4.90 Å². The number of benzene rings is 2. The Kier molecular flexibility index (Phi) is 6.58. The Labute approximate surface area is 167 Å². The van der Waals surface area contributed by atoms with Crippen molar-refractivity contribution in [2.75, 3.05) is 38.7 Å². The van der Waals surface area contributed by atoms with Crippen LogP contribution in [0.2, 0.25) is 0 Å². The van der Waals surface area contributed by atoms with Crippen molar-refractivity contribution < 1.29 is 19.0 Å². The van der Waals surface area contributed by atoms with Crippen LogP contribution in [0.15, 0.2) is 40.9 Å². The molecule has 0 radical (unpaired) electrons. The molecule has 6 nitrogen and oxygen atoms in total. The number of nitrogens with one attached hydrogen (secondary N) is 1. The van der Waals surface area contributed by atoms with Crippen molar-refractivity contribution in [3.8, 4) is 17.2 Å². The summed E-state index contributed by atoms with van der Waals surface area (Å²) >= 11 is 3.49. The molecule has 1 aliphatic heterocycles. The predicted molar refractivity (Wildman–Crippen MR) is 108 cm³/mol. The SMILES string of the molecule is CCN(CC(=O)Nc1ccc2c(c1)OCCO2)Cc1cc(Br)ccc1OC. The van der Waals surface area contributed by atoms with Crippen LogP contribution >= 0.6 is 15.9 Å². The minimum Gasteiger partial charge on any atom is -0.496 e. The van der Waals surface area contributed by atoms with Gasteiger partial charge in [0.05, 0.1) is 13.7 Å². The lowest BCUT2D eigenvalue weighted by Crippen LogP contribution is -2.33. The number of likely N-dealkylation sites (N-methyl/N-ethyl adjacent to an activating group) is 1. The van der Waals surface area contributed by atoms with Crippen molar-refractivity contribution in [2.45, 2.75) is 13.5 Å². The van der Waals surface area contributed by atoms with Crippen LogP contribution in [0.1, 0.15) is 12.5 Å². The van der Waals surface area contributed by atoms with E-state index in [1.165, 1.54) is 0 Å². The number of fused-ring (bicyclic) bond motifs is 1. The molecule has 27 heavy (non-hydrogen) atoms. The highest BCUT2D eigenvalue weighted by molar-refractivity contribution is 9.10. The van der Waals surface area contributed by atoms with Crippen LogP contribution in [0, 0.1) is 0 Å². The number of nitrogens with zero attached hydrogens (tertiary/aromatic N) is 1. The average Bonchev–Trinajstić information content (AvgIpc) is 2.67. The summed E-state index contributed by atoms with van der Waals surface area (Å²) in [6, 6.07) is 11.3. The molecule has 2 aromatic carbocycles. The molecule has 0 saturated carbocycles. The Bertz CT molecular complexity index is 813. The third-order valence-electron chi connectivity index (χ3n) is 4.28. The zero-order chi connectivity index (χ0) is 19.2. The summed E-state index contributed by atoms with van der Waals surface area (Å²) < 4.78 is 17.5. The molecule has 1 heterocycles. The van der Waals surface area contributed by atoms with E-state index in [0.29, 0.717) is 36.9 Å². The lowest BCUT2D eigenvalue weighted by atomic mass is 10.2. The maximum Gasteiger partial charge on any atom is 0.238 e. The van der Waals surface area contributed by atoms with Gasteiger partial charge in [-0.25, -0.2) is 0 Å². The topological polar surface area (TPSA) is 60.0 Å². The third-order valence-corrected chi connectivity index (χ3v) is 4.77. The van der Waals surface area contributed by atoms with E-state index in [1.54, 1.807) is 13.2 Å². The summed E-state index contributed by atoms with van der Waals surface area (Å²) in [5.74, 6) is 2.09. The van der Waals surface area contributed by atoms with Crippen molar-refractivity contribution in [2.24, 2.45) is 0 Å². The minimum absolute atomic E-state index is 0.0810. The normalized spacial score (nSPS) is 12.7. The monoisotopic (exact) mass is 434 g/mol. The van der Waals surface area contributed by atoms with Gasteiger partial charge in [-0.05, 0) is 36.9 Å². The fourth-order valence-electron chi connectivity index (χ4n) is 2.92. The maximum atomic E-state index is 12.5. The van der Waals surface area contributed by atoms with Crippen LogP contribution in [-0.2, 0) is 11.3 Å². The third kappa shape index (κ3) is 5.14. The number of ether oxygens (including phenoxy) is 3. The first kappa shape index (κ1) is 19.5. The largest absolute Gasteiger partial charge is 0.496 e. The molecule has 1 amide bonds. The lowest BCUT2D eigenvalue weighted by Gasteiger charge is -2.22. The first-order chi connectivity index (χ1) is 13.1. The van der Waals surface area contributed by atoms with Gasteiger partial charge in [0.2, 0.25) is 5.91 Å². The number of anilines is 1. The van der Waals surface area contributed by atoms with Crippen molar-refractivity contribution in [3.63, 3.8) is 0 Å². The zero-order valence-electron chi connectivity index (χ0n) is 15.5. The number of methoxy groups -OCH3 is 1. The first-order valence-electron chi connectivity index (χ1n) is 8.83. The Hall–Kier alpha value is -2.25. The Balaban J connectivity index is 1.63. The number of hydrogen-bond acceptors (Lipinski definition) is 5. The Morgan fingerprint density at radius 2 is 1.96 bits per heavy atom. The molecule has 0 aromatic heterocycles. The Morgan fingerprint density at radius 1 is 1.19 bits per heavy atom. The molecule has 1 N–H and O–H groups in total. The van der Waals surface area contributed by atoms with Crippen LogP contribution < -0.4 is 19.5 Å². The zero-order valence-corrected chi connectivity index (χ0v) is 17.0. The lowest BCUT2D eigenvalue weighted by molar-refractivity contribution is -0.117. The molecule has 3 rings (SSSR count). The van der Waals surface area contributed by atoms with E-state index >= 15 is 0 Å². The Morgan fingerprint density at radius 3 is 2.70 bits per heavy atom. The van der Waals surface area contributed by atoms with E-state index < -0.39 is 0 Å². The number of carbonyl (C=O) groups is 1. The highest BCUT2D eigenvalue weighted by atomic mass is 79.9. The van der Waals surface area contributed by atoms with Gasteiger partial charge in [0.1, 0.15) is 19.0 Å². The van der Waals surface area contributed by atoms with Gasteiger partial charge in [0.15, 0.2) is 11.5 Å². The quantitative estimate of drug-likeness (QED) is 0.719. The van der Waals surface area contributed by atoms with Crippen molar-refractivity contribution in [3.05, 3.63) is 46.4 Å². The van der Waals surface area contributed by atoms with Crippen LogP contribution in [0.4, 0.5) is 5.69 Å². The van der Waals surface area contributed by atoms with E-state index in [9.17, 15) is 4.79 Å². The molecule has 0 aliphatic carbocycles. The first-order valence-corrected chi connectivity index (χ1v) is 9.62. The van der Waals surface area contributed by atoms with Crippen molar-refractivity contribution >= 4 is 27.5 Å². The average molecular weight is 435 g/mol. The molecule has 0 saturated heterocycles. The summed E-state index contributed by atoms with van der Waals surface area (Å²) in [4.78, 5) is 14.5. The van der Waals surface area contributed by atoms with Gasteiger partial charge in [-0.1, -0.05) is 22.9 Å². The summed E-state index contributed by atoms with van der Waals surface area (Å²) in [5, 5.41) is 2.93. The van der Waals surface area contributed by atoms with E-state index in [1.807, 2.05) is 37.3 Å². The van der Waals surface area contributed by atoms with Gasteiger partial charge in [-0.15, -0.1) is 0 Å². The second-order valence-electron chi connectivity index (χ2n) is 6.17.